The number of amides is 1. The number of hydrogen-bond donors (Lipinski definition) is 1. The van der Waals surface area contributed by atoms with Gasteiger partial charge in [-0.3, -0.25) is 9.69 Å². The van der Waals surface area contributed by atoms with Crippen molar-refractivity contribution in [2.45, 2.75) is 60.9 Å². The summed E-state index contributed by atoms with van der Waals surface area (Å²) in [5.74, 6) is 0.684. The van der Waals surface area contributed by atoms with Gasteiger partial charge in [-0.15, -0.1) is 0 Å². The van der Waals surface area contributed by atoms with Gasteiger partial charge in [0.15, 0.2) is 0 Å². The van der Waals surface area contributed by atoms with Crippen molar-refractivity contribution in [3.8, 4) is 0 Å². The minimum atomic E-state index is -0.170. The largest absolute Gasteiger partial charge is 0.353 e. The first kappa shape index (κ1) is 23.3. The number of nitrogens with one attached hydrogen (secondary N) is 1. The van der Waals surface area contributed by atoms with E-state index in [-0.39, 0.29) is 11.9 Å². The molecule has 25 heavy (non-hydrogen) atoms. The highest BCUT2D eigenvalue weighted by Gasteiger charge is 2.18. The summed E-state index contributed by atoms with van der Waals surface area (Å²) in [7, 11) is 0. The zero-order valence-corrected chi connectivity index (χ0v) is 17.2. The third-order valence-electron chi connectivity index (χ3n) is 3.53. The van der Waals surface area contributed by atoms with Crippen LogP contribution in [0.2, 0.25) is 0 Å². The molecular formula is C19H37N5O. The van der Waals surface area contributed by atoms with Gasteiger partial charge in [0.05, 0.1) is 12.4 Å². The zero-order chi connectivity index (χ0) is 19.2. The van der Waals surface area contributed by atoms with Crippen LogP contribution in [0.3, 0.4) is 0 Å². The van der Waals surface area contributed by atoms with Crippen LogP contribution in [0, 0.1) is 0 Å². The van der Waals surface area contributed by atoms with Crippen molar-refractivity contribution in [2.24, 2.45) is 0 Å². The second-order valence-electron chi connectivity index (χ2n) is 5.72. The quantitative estimate of drug-likeness (QED) is 0.883. The maximum absolute atomic E-state index is 11.8. The number of hydrogen-bond acceptors (Lipinski definition) is 5. The summed E-state index contributed by atoms with van der Waals surface area (Å²) in [6.45, 7) is 19.3. The Morgan fingerprint density at radius 2 is 1.68 bits per heavy atom. The van der Waals surface area contributed by atoms with Gasteiger partial charge in [0.2, 0.25) is 0 Å². The molecule has 1 N–H and O–H groups in total. The molecule has 0 unspecified atom stereocenters. The van der Waals surface area contributed by atoms with Crippen LogP contribution in [0.25, 0.3) is 0 Å². The summed E-state index contributed by atoms with van der Waals surface area (Å²) in [5, 5.41) is 2.82. The van der Waals surface area contributed by atoms with Gasteiger partial charge in [-0.2, -0.15) is 0 Å². The van der Waals surface area contributed by atoms with Crippen LogP contribution in [-0.4, -0.2) is 59.5 Å². The Morgan fingerprint density at radius 1 is 1.08 bits per heavy atom. The molecule has 6 heteroatoms. The molecule has 6 nitrogen and oxygen atoms in total. The lowest BCUT2D eigenvalue weighted by atomic mass is 10.3. The smallest absolute Gasteiger partial charge is 0.271 e. The predicted octanol–water partition coefficient (Wildman–Crippen LogP) is 3.20. The molecule has 0 saturated carbocycles. The van der Waals surface area contributed by atoms with E-state index in [1.165, 1.54) is 6.42 Å². The molecule has 1 aromatic heterocycles. The molecule has 2 heterocycles. The Labute approximate surface area is 154 Å². The third-order valence-corrected chi connectivity index (χ3v) is 3.53. The summed E-state index contributed by atoms with van der Waals surface area (Å²) in [6, 6.07) is 0.102. The van der Waals surface area contributed by atoms with Crippen molar-refractivity contribution in [1.82, 2.24) is 20.2 Å². The van der Waals surface area contributed by atoms with Crippen LogP contribution >= 0.6 is 0 Å². The fourth-order valence-corrected chi connectivity index (χ4v) is 2.45. The standard InChI is InChI=1S/C15H25N5O.2C2H6/c1-4-5-19-6-8-20(9-7-19)14-11-16-13(10-17-14)15(21)18-12(2)3;2*1-2/h10-12H,4-9H2,1-3H3,(H,18,21);2*1-2H3. The zero-order valence-electron chi connectivity index (χ0n) is 17.2. The first-order valence-corrected chi connectivity index (χ1v) is 9.70. The molecule has 1 aromatic rings. The fraction of sp³-hybridized carbons (Fsp3) is 0.737. The summed E-state index contributed by atoms with van der Waals surface area (Å²) >= 11 is 0. The van der Waals surface area contributed by atoms with Crippen molar-refractivity contribution in [3.05, 3.63) is 18.1 Å². The van der Waals surface area contributed by atoms with Crippen LogP contribution in [0.4, 0.5) is 5.82 Å². The van der Waals surface area contributed by atoms with Crippen LogP contribution in [-0.2, 0) is 0 Å². The van der Waals surface area contributed by atoms with E-state index in [4.69, 9.17) is 0 Å². The molecule has 0 atom stereocenters. The Balaban J connectivity index is 0.00000134. The number of piperazine rings is 1. The third kappa shape index (κ3) is 8.29. The maximum atomic E-state index is 11.8. The molecule has 1 aliphatic heterocycles. The van der Waals surface area contributed by atoms with E-state index in [0.717, 1.165) is 38.5 Å². The average molecular weight is 352 g/mol. The number of rotatable bonds is 5. The van der Waals surface area contributed by atoms with Gasteiger partial charge in [0.25, 0.3) is 5.91 Å². The normalized spacial score (nSPS) is 14.2. The van der Waals surface area contributed by atoms with Gasteiger partial charge in [0.1, 0.15) is 11.5 Å². The van der Waals surface area contributed by atoms with Crippen LogP contribution in [0.1, 0.15) is 65.4 Å². The summed E-state index contributed by atoms with van der Waals surface area (Å²) in [4.78, 5) is 25.1. The molecular weight excluding hydrogens is 314 g/mol. The average Bonchev–Trinajstić information content (AvgIpc) is 2.65. The highest BCUT2D eigenvalue weighted by atomic mass is 16.1. The second kappa shape index (κ2) is 13.6. The molecule has 0 aliphatic carbocycles. The lowest BCUT2D eigenvalue weighted by Gasteiger charge is -2.35. The Hall–Kier alpha value is -1.69. The van der Waals surface area contributed by atoms with E-state index in [1.54, 1.807) is 12.4 Å². The molecule has 0 aromatic carbocycles. The van der Waals surface area contributed by atoms with Gasteiger partial charge in [-0.1, -0.05) is 34.6 Å². The van der Waals surface area contributed by atoms with Crippen molar-refractivity contribution in [2.75, 3.05) is 37.6 Å². The topological polar surface area (TPSA) is 61.4 Å². The number of anilines is 1. The molecule has 1 saturated heterocycles. The maximum Gasteiger partial charge on any atom is 0.271 e. The van der Waals surface area contributed by atoms with E-state index in [9.17, 15) is 4.79 Å². The number of nitrogens with zero attached hydrogens (tertiary/aromatic N) is 4. The van der Waals surface area contributed by atoms with Crippen LogP contribution < -0.4 is 10.2 Å². The predicted molar refractivity (Wildman–Crippen MR) is 106 cm³/mol. The summed E-state index contributed by atoms with van der Waals surface area (Å²) in [6.07, 6.45) is 4.45. The summed E-state index contributed by atoms with van der Waals surface area (Å²) < 4.78 is 0. The second-order valence-corrected chi connectivity index (χ2v) is 5.72. The van der Waals surface area contributed by atoms with Gasteiger partial charge in [-0.05, 0) is 26.8 Å². The molecule has 1 aliphatic rings. The first-order chi connectivity index (χ1) is 12.1. The van der Waals surface area contributed by atoms with Crippen LogP contribution in [0.5, 0.6) is 0 Å². The lowest BCUT2D eigenvalue weighted by molar-refractivity contribution is 0.0937. The lowest BCUT2D eigenvalue weighted by Crippen LogP contribution is -2.46. The van der Waals surface area contributed by atoms with E-state index in [2.05, 4.69) is 32.0 Å². The van der Waals surface area contributed by atoms with E-state index >= 15 is 0 Å². The Kier molecular flexibility index (Phi) is 12.7. The highest BCUT2D eigenvalue weighted by molar-refractivity contribution is 5.92. The van der Waals surface area contributed by atoms with Gasteiger partial charge >= 0.3 is 0 Å². The number of aromatic nitrogens is 2. The van der Waals surface area contributed by atoms with E-state index in [0.29, 0.717) is 5.69 Å². The highest BCUT2D eigenvalue weighted by Crippen LogP contribution is 2.12. The Bertz CT molecular complexity index is 453. The van der Waals surface area contributed by atoms with Crippen LogP contribution in [0.15, 0.2) is 12.4 Å². The van der Waals surface area contributed by atoms with E-state index < -0.39 is 0 Å². The monoisotopic (exact) mass is 351 g/mol. The van der Waals surface area contributed by atoms with Crippen molar-refractivity contribution in [3.63, 3.8) is 0 Å². The summed E-state index contributed by atoms with van der Waals surface area (Å²) in [5.41, 5.74) is 0.372. The first-order valence-electron chi connectivity index (χ1n) is 9.70. The molecule has 1 amide bonds. The van der Waals surface area contributed by atoms with Crippen molar-refractivity contribution in [1.29, 1.82) is 0 Å². The number of carbonyl (C=O) groups is 1. The van der Waals surface area contributed by atoms with Gasteiger partial charge < -0.3 is 10.2 Å². The number of carbonyl (C=O) groups excluding carboxylic acids is 1. The molecule has 0 radical (unpaired) electrons. The molecule has 0 spiro atoms. The minimum absolute atomic E-state index is 0.102. The molecule has 1 fully saturated rings. The SMILES string of the molecule is CC.CC.CCCN1CCN(c2cnc(C(=O)NC(C)C)cn2)CC1. The minimum Gasteiger partial charge on any atom is -0.353 e. The van der Waals surface area contributed by atoms with Gasteiger partial charge in [-0.25, -0.2) is 9.97 Å². The van der Waals surface area contributed by atoms with Crippen molar-refractivity contribution < 1.29 is 4.79 Å². The molecule has 144 valence electrons. The molecule has 0 bridgehead atoms. The molecule has 2 rings (SSSR count). The van der Waals surface area contributed by atoms with Crippen molar-refractivity contribution >= 4 is 11.7 Å². The Morgan fingerprint density at radius 3 is 2.12 bits per heavy atom. The van der Waals surface area contributed by atoms with Gasteiger partial charge in [0, 0.05) is 32.2 Å². The van der Waals surface area contributed by atoms with E-state index in [1.807, 2.05) is 41.5 Å². The fourth-order valence-electron chi connectivity index (χ4n) is 2.45.